The number of allylic oxidation sites excluding steroid dienone is 1. The molecule has 0 fully saturated rings. The number of hydrogen-bond donors (Lipinski definition) is 0. The zero-order valence-electron chi connectivity index (χ0n) is 8.96. The number of rotatable bonds is 5. The molecular formula is C9H16N2O3S. The minimum absolute atomic E-state index is 0.0331. The van der Waals surface area contributed by atoms with E-state index < -0.39 is 16.5 Å². The number of hydrogen-bond acceptors (Lipinski definition) is 5. The molecule has 0 radical (unpaired) electrons. The lowest BCUT2D eigenvalue weighted by atomic mass is 10.5. The van der Waals surface area contributed by atoms with Gasteiger partial charge in [0.05, 0.1) is 5.75 Å². The summed E-state index contributed by atoms with van der Waals surface area (Å²) in [6, 6.07) is 0. The third-order valence-corrected chi connectivity index (χ3v) is 3.24. The third kappa shape index (κ3) is 3.24. The molecular weight excluding hydrogens is 216 g/mol. The molecule has 0 aromatic heterocycles. The average Bonchev–Trinajstić information content (AvgIpc) is 2.46. The van der Waals surface area contributed by atoms with E-state index in [1.54, 1.807) is 42.4 Å². The molecule has 1 aliphatic heterocycles. The molecule has 5 nitrogen and oxygen atoms in total. The first-order chi connectivity index (χ1) is 6.96. The lowest BCUT2D eigenvalue weighted by Crippen LogP contribution is -2.38. The van der Waals surface area contributed by atoms with E-state index in [2.05, 4.69) is 6.58 Å². The maximum absolute atomic E-state index is 11.5. The molecule has 1 aliphatic rings. The zero-order valence-corrected chi connectivity index (χ0v) is 9.77. The molecule has 0 N–H and O–H groups in total. The molecule has 0 atom stereocenters. The molecule has 1 rings (SSSR count). The van der Waals surface area contributed by atoms with Crippen LogP contribution < -0.4 is 0 Å². The van der Waals surface area contributed by atoms with Crippen LogP contribution in [0.5, 0.6) is 0 Å². The van der Waals surface area contributed by atoms with E-state index in [0.717, 1.165) is 0 Å². The molecule has 0 aromatic rings. The Kier molecular flexibility index (Phi) is 3.76. The predicted octanol–water partition coefficient (Wildman–Crippen LogP) is 0.541. The van der Waals surface area contributed by atoms with Crippen LogP contribution in [-0.4, -0.2) is 44.4 Å². The van der Waals surface area contributed by atoms with Crippen LogP contribution in [0, 0.1) is 0 Å². The minimum Gasteiger partial charge on any atom is -0.336 e. The molecule has 0 aliphatic carbocycles. The fourth-order valence-electron chi connectivity index (χ4n) is 1.19. The fourth-order valence-corrected chi connectivity index (χ4v) is 2.27. The van der Waals surface area contributed by atoms with Gasteiger partial charge >= 0.3 is 0 Å². The topological polar surface area (TPSA) is 49.9 Å². The first-order valence-electron chi connectivity index (χ1n) is 4.60. The standard InChI is InChI=1S/C9H16N2O3S/c1-4-5-8-15(12,13)14-9-10(2)6-7-11(9)3/h4,6-7,9H,1,5,8H2,2-3H3. The fraction of sp³-hybridized carbons (Fsp3) is 0.556. The third-order valence-electron chi connectivity index (χ3n) is 2.04. The normalized spacial score (nSPS) is 17.5. The van der Waals surface area contributed by atoms with Crippen molar-refractivity contribution in [3.63, 3.8) is 0 Å². The molecule has 0 amide bonds. The van der Waals surface area contributed by atoms with Gasteiger partial charge in [-0.2, -0.15) is 8.42 Å². The first kappa shape index (κ1) is 12.1. The van der Waals surface area contributed by atoms with Gasteiger partial charge < -0.3 is 9.80 Å². The highest BCUT2D eigenvalue weighted by Gasteiger charge is 2.26. The van der Waals surface area contributed by atoms with Gasteiger partial charge in [-0.05, 0) is 6.42 Å². The SMILES string of the molecule is C=CCCS(=O)(=O)OC1N(C)C=CN1C. The summed E-state index contributed by atoms with van der Waals surface area (Å²) in [4.78, 5) is 3.37. The van der Waals surface area contributed by atoms with Crippen molar-refractivity contribution in [2.75, 3.05) is 19.8 Å². The summed E-state index contributed by atoms with van der Waals surface area (Å²) < 4.78 is 28.0. The Labute approximate surface area is 90.7 Å². The van der Waals surface area contributed by atoms with Crippen molar-refractivity contribution < 1.29 is 12.6 Å². The van der Waals surface area contributed by atoms with Crippen molar-refractivity contribution in [3.05, 3.63) is 25.1 Å². The molecule has 15 heavy (non-hydrogen) atoms. The van der Waals surface area contributed by atoms with Crippen LogP contribution in [0.4, 0.5) is 0 Å². The van der Waals surface area contributed by atoms with E-state index in [0.29, 0.717) is 6.42 Å². The van der Waals surface area contributed by atoms with Gasteiger partial charge in [-0.15, -0.1) is 6.58 Å². The van der Waals surface area contributed by atoms with Crippen LogP contribution in [0.25, 0.3) is 0 Å². The second kappa shape index (κ2) is 4.67. The van der Waals surface area contributed by atoms with Crippen LogP contribution in [-0.2, 0) is 14.3 Å². The van der Waals surface area contributed by atoms with E-state index in [4.69, 9.17) is 4.18 Å². The van der Waals surface area contributed by atoms with Crippen molar-refractivity contribution in [2.45, 2.75) is 12.8 Å². The minimum atomic E-state index is -3.49. The van der Waals surface area contributed by atoms with Gasteiger partial charge in [0, 0.05) is 26.5 Å². The van der Waals surface area contributed by atoms with E-state index >= 15 is 0 Å². The first-order valence-corrected chi connectivity index (χ1v) is 6.18. The summed E-state index contributed by atoms with van der Waals surface area (Å²) in [6.07, 6.45) is 4.90. The average molecular weight is 232 g/mol. The zero-order chi connectivity index (χ0) is 11.5. The van der Waals surface area contributed by atoms with E-state index in [9.17, 15) is 8.42 Å². The lowest BCUT2D eigenvalue weighted by Gasteiger charge is -2.26. The molecule has 0 saturated heterocycles. The van der Waals surface area contributed by atoms with E-state index in [1.807, 2.05) is 0 Å². The maximum Gasteiger partial charge on any atom is 0.271 e. The monoisotopic (exact) mass is 232 g/mol. The highest BCUT2D eigenvalue weighted by molar-refractivity contribution is 7.86. The van der Waals surface area contributed by atoms with Gasteiger partial charge in [-0.25, -0.2) is 4.18 Å². The Morgan fingerprint density at radius 3 is 2.40 bits per heavy atom. The van der Waals surface area contributed by atoms with Crippen LogP contribution in [0.15, 0.2) is 25.1 Å². The highest BCUT2D eigenvalue weighted by Crippen LogP contribution is 2.15. The van der Waals surface area contributed by atoms with Crippen molar-refractivity contribution in [3.8, 4) is 0 Å². The van der Waals surface area contributed by atoms with Gasteiger partial charge in [-0.3, -0.25) is 0 Å². The second-order valence-corrected chi connectivity index (χ2v) is 5.11. The van der Waals surface area contributed by atoms with Crippen LogP contribution >= 0.6 is 0 Å². The van der Waals surface area contributed by atoms with Gasteiger partial charge in [0.15, 0.2) is 0 Å². The summed E-state index contributed by atoms with van der Waals surface area (Å²) in [7, 11) is 0.0277. The number of nitrogens with zero attached hydrogens (tertiary/aromatic N) is 2. The van der Waals surface area contributed by atoms with Gasteiger partial charge in [0.1, 0.15) is 0 Å². The molecule has 0 aromatic carbocycles. The lowest BCUT2D eigenvalue weighted by molar-refractivity contribution is 0.00504. The van der Waals surface area contributed by atoms with Crippen LogP contribution in [0.1, 0.15) is 6.42 Å². The molecule has 86 valence electrons. The van der Waals surface area contributed by atoms with E-state index in [1.165, 1.54) is 0 Å². The van der Waals surface area contributed by atoms with Crippen molar-refractivity contribution in [2.24, 2.45) is 0 Å². The molecule has 6 heteroatoms. The van der Waals surface area contributed by atoms with Gasteiger partial charge in [-0.1, -0.05) is 6.08 Å². The van der Waals surface area contributed by atoms with Crippen molar-refractivity contribution in [1.82, 2.24) is 9.80 Å². The van der Waals surface area contributed by atoms with Gasteiger partial charge in [0.25, 0.3) is 10.1 Å². The highest BCUT2D eigenvalue weighted by atomic mass is 32.2. The Bertz CT molecular complexity index is 338. The molecule has 0 bridgehead atoms. The largest absolute Gasteiger partial charge is 0.336 e. The summed E-state index contributed by atoms with van der Waals surface area (Å²) >= 11 is 0. The molecule has 0 saturated carbocycles. The Morgan fingerprint density at radius 1 is 1.40 bits per heavy atom. The van der Waals surface area contributed by atoms with Gasteiger partial charge in [0.2, 0.25) is 6.35 Å². The molecule has 1 heterocycles. The summed E-state index contributed by atoms with van der Waals surface area (Å²) in [5, 5.41) is 0. The maximum atomic E-state index is 11.5. The Balaban J connectivity index is 2.57. The predicted molar refractivity (Wildman–Crippen MR) is 58.1 cm³/mol. The summed E-state index contributed by atoms with van der Waals surface area (Å²) in [6.45, 7) is 3.47. The molecule has 0 spiro atoms. The Morgan fingerprint density at radius 2 is 1.93 bits per heavy atom. The van der Waals surface area contributed by atoms with Crippen LogP contribution in [0.2, 0.25) is 0 Å². The van der Waals surface area contributed by atoms with E-state index in [-0.39, 0.29) is 5.75 Å². The smallest absolute Gasteiger partial charge is 0.271 e. The summed E-state index contributed by atoms with van der Waals surface area (Å²) in [5.41, 5.74) is 0. The summed E-state index contributed by atoms with van der Waals surface area (Å²) in [5.74, 6) is -0.0331. The van der Waals surface area contributed by atoms with Crippen LogP contribution in [0.3, 0.4) is 0 Å². The van der Waals surface area contributed by atoms with Crippen molar-refractivity contribution in [1.29, 1.82) is 0 Å². The Hall–Kier alpha value is -1.01. The van der Waals surface area contributed by atoms with Crippen molar-refractivity contribution >= 4 is 10.1 Å². The second-order valence-electron chi connectivity index (χ2n) is 3.39. The quantitative estimate of drug-likeness (QED) is 0.511. The molecule has 0 unspecified atom stereocenters.